The van der Waals surface area contributed by atoms with Crippen molar-refractivity contribution in [2.75, 3.05) is 0 Å². The first-order valence-corrected chi connectivity index (χ1v) is 9.16. The van der Waals surface area contributed by atoms with Crippen LogP contribution in [0.4, 0.5) is 0 Å². The van der Waals surface area contributed by atoms with Gasteiger partial charge in [0.05, 0.1) is 0 Å². The molecule has 26 heavy (non-hydrogen) atoms. The monoisotopic (exact) mass is 360 g/mol. The Hall–Kier alpha value is -2.37. The molecule has 2 unspecified atom stereocenters. The van der Waals surface area contributed by atoms with Gasteiger partial charge in [-0.2, -0.15) is 0 Å². The van der Waals surface area contributed by atoms with Crippen molar-refractivity contribution < 1.29 is 19.5 Å². The highest BCUT2D eigenvalue weighted by molar-refractivity contribution is 5.88. The topological polar surface area (TPSA) is 86.7 Å². The normalized spacial score (nSPS) is 17.5. The lowest BCUT2D eigenvalue weighted by atomic mass is 9.92. The molecular formula is C20H28N2O4. The highest BCUT2D eigenvalue weighted by Crippen LogP contribution is 2.25. The smallest absolute Gasteiger partial charge is 0.303 e. The summed E-state index contributed by atoms with van der Waals surface area (Å²) >= 11 is 0. The Morgan fingerprint density at radius 2 is 1.85 bits per heavy atom. The zero-order valence-corrected chi connectivity index (χ0v) is 15.7. The minimum atomic E-state index is -0.883. The number of hydrogen-bond acceptors (Lipinski definition) is 3. The Bertz CT molecular complexity index is 672. The van der Waals surface area contributed by atoms with Gasteiger partial charge in [-0.1, -0.05) is 38.1 Å². The van der Waals surface area contributed by atoms with Gasteiger partial charge in [0.1, 0.15) is 6.04 Å². The second-order valence-electron chi connectivity index (χ2n) is 7.45. The maximum atomic E-state index is 12.8. The molecule has 0 saturated heterocycles. The number of nitrogens with zero attached hydrogens (tertiary/aromatic N) is 1. The molecule has 2 amide bonds. The van der Waals surface area contributed by atoms with Crippen molar-refractivity contribution in [1.82, 2.24) is 10.2 Å². The second-order valence-corrected chi connectivity index (χ2v) is 7.45. The van der Waals surface area contributed by atoms with Crippen molar-refractivity contribution >= 4 is 17.8 Å². The molecule has 0 fully saturated rings. The quantitative estimate of drug-likeness (QED) is 0.781. The third kappa shape index (κ3) is 5.31. The third-order valence-electron chi connectivity index (χ3n) is 4.63. The molecule has 2 atom stereocenters. The molecule has 0 saturated carbocycles. The summed E-state index contributed by atoms with van der Waals surface area (Å²) in [5.41, 5.74) is 2.16. The fourth-order valence-electron chi connectivity index (χ4n) is 3.24. The van der Waals surface area contributed by atoms with Crippen LogP contribution in [0.5, 0.6) is 0 Å². The van der Waals surface area contributed by atoms with E-state index < -0.39 is 12.0 Å². The van der Waals surface area contributed by atoms with E-state index in [1.807, 2.05) is 38.1 Å². The molecule has 1 aromatic carbocycles. The molecule has 1 aliphatic rings. The molecule has 0 radical (unpaired) electrons. The van der Waals surface area contributed by atoms with E-state index in [0.29, 0.717) is 25.8 Å². The standard InChI is InChI=1S/C20H28N2O4/c1-13(2)10-18(23)22-12-16-7-5-4-6-15(16)11-17(22)20(26)21-14(3)8-9-19(24)25/h4-7,13-14,17H,8-12H2,1-3H3,(H,21,26)(H,24,25). The summed E-state index contributed by atoms with van der Waals surface area (Å²) in [4.78, 5) is 37.9. The van der Waals surface area contributed by atoms with Gasteiger partial charge in [-0.05, 0) is 30.4 Å². The van der Waals surface area contributed by atoms with Crippen LogP contribution in [-0.4, -0.2) is 39.9 Å². The van der Waals surface area contributed by atoms with Crippen molar-refractivity contribution in [3.63, 3.8) is 0 Å². The van der Waals surface area contributed by atoms with Gasteiger partial charge >= 0.3 is 5.97 Å². The maximum absolute atomic E-state index is 12.8. The van der Waals surface area contributed by atoms with Gasteiger partial charge in [0.2, 0.25) is 11.8 Å². The molecule has 6 heteroatoms. The Kier molecular flexibility index (Phi) is 6.77. The minimum absolute atomic E-state index is 0.00490. The molecular weight excluding hydrogens is 332 g/mol. The summed E-state index contributed by atoms with van der Waals surface area (Å²) < 4.78 is 0. The van der Waals surface area contributed by atoms with Crippen molar-refractivity contribution in [3.05, 3.63) is 35.4 Å². The average Bonchev–Trinajstić information content (AvgIpc) is 2.58. The SMILES string of the molecule is CC(C)CC(=O)N1Cc2ccccc2CC1C(=O)NC(C)CCC(=O)O. The zero-order chi connectivity index (χ0) is 19.3. The lowest BCUT2D eigenvalue weighted by Gasteiger charge is -2.37. The number of amides is 2. The van der Waals surface area contributed by atoms with Crippen LogP contribution in [0.15, 0.2) is 24.3 Å². The number of carboxylic acids is 1. The summed E-state index contributed by atoms with van der Waals surface area (Å²) in [5.74, 6) is -0.897. The fraction of sp³-hybridized carbons (Fsp3) is 0.550. The number of benzene rings is 1. The van der Waals surface area contributed by atoms with Crippen LogP contribution < -0.4 is 5.32 Å². The van der Waals surface area contributed by atoms with E-state index in [4.69, 9.17) is 5.11 Å². The van der Waals surface area contributed by atoms with Crippen LogP contribution in [0, 0.1) is 5.92 Å². The first-order valence-electron chi connectivity index (χ1n) is 9.16. The summed E-state index contributed by atoms with van der Waals surface area (Å²) in [6.45, 7) is 6.19. The van der Waals surface area contributed by atoms with Crippen LogP contribution in [0.2, 0.25) is 0 Å². The van der Waals surface area contributed by atoms with Gasteiger partial charge in [0.25, 0.3) is 0 Å². The molecule has 2 N–H and O–H groups in total. The molecule has 0 spiro atoms. The van der Waals surface area contributed by atoms with Crippen LogP contribution in [-0.2, 0) is 27.3 Å². The van der Waals surface area contributed by atoms with Gasteiger partial charge in [-0.25, -0.2) is 0 Å². The summed E-state index contributed by atoms with van der Waals surface area (Å²) in [7, 11) is 0. The molecule has 142 valence electrons. The molecule has 1 aromatic rings. The number of carboxylic acid groups (broad SMARTS) is 1. The van der Waals surface area contributed by atoms with E-state index in [0.717, 1.165) is 11.1 Å². The third-order valence-corrected chi connectivity index (χ3v) is 4.63. The molecule has 1 heterocycles. The lowest BCUT2D eigenvalue weighted by Crippen LogP contribution is -2.54. The molecule has 2 rings (SSSR count). The number of fused-ring (bicyclic) bond motifs is 1. The molecule has 0 bridgehead atoms. The minimum Gasteiger partial charge on any atom is -0.481 e. The van der Waals surface area contributed by atoms with Crippen LogP contribution in [0.1, 0.15) is 51.2 Å². The van der Waals surface area contributed by atoms with Crippen molar-refractivity contribution in [1.29, 1.82) is 0 Å². The number of rotatable bonds is 7. The van der Waals surface area contributed by atoms with Crippen LogP contribution in [0.3, 0.4) is 0 Å². The lowest BCUT2D eigenvalue weighted by molar-refractivity contribution is -0.142. The molecule has 6 nitrogen and oxygen atoms in total. The van der Waals surface area contributed by atoms with Crippen molar-refractivity contribution in [3.8, 4) is 0 Å². The van der Waals surface area contributed by atoms with E-state index in [9.17, 15) is 14.4 Å². The van der Waals surface area contributed by atoms with Crippen molar-refractivity contribution in [2.45, 2.75) is 65.1 Å². The van der Waals surface area contributed by atoms with Crippen LogP contribution in [0.25, 0.3) is 0 Å². The van der Waals surface area contributed by atoms with Gasteiger partial charge in [-0.15, -0.1) is 0 Å². The van der Waals surface area contributed by atoms with E-state index in [1.54, 1.807) is 11.8 Å². The number of carbonyl (C=O) groups is 3. The number of nitrogens with one attached hydrogen (secondary N) is 1. The number of hydrogen-bond donors (Lipinski definition) is 2. The molecule has 1 aliphatic heterocycles. The first kappa shape index (κ1) is 19.9. The molecule has 0 aromatic heterocycles. The van der Waals surface area contributed by atoms with E-state index >= 15 is 0 Å². The molecule has 0 aliphatic carbocycles. The van der Waals surface area contributed by atoms with Crippen molar-refractivity contribution in [2.24, 2.45) is 5.92 Å². The maximum Gasteiger partial charge on any atom is 0.303 e. The van der Waals surface area contributed by atoms with E-state index in [2.05, 4.69) is 5.32 Å². The van der Waals surface area contributed by atoms with E-state index in [-0.39, 0.29) is 30.2 Å². The summed E-state index contributed by atoms with van der Waals surface area (Å²) in [6, 6.07) is 7.07. The van der Waals surface area contributed by atoms with Gasteiger partial charge in [-0.3, -0.25) is 14.4 Å². The highest BCUT2D eigenvalue weighted by atomic mass is 16.4. The number of carbonyl (C=O) groups excluding carboxylic acids is 2. The average molecular weight is 360 g/mol. The Balaban J connectivity index is 2.14. The van der Waals surface area contributed by atoms with Gasteiger partial charge < -0.3 is 15.3 Å². The van der Waals surface area contributed by atoms with Gasteiger partial charge in [0.15, 0.2) is 0 Å². The second kappa shape index (κ2) is 8.83. The zero-order valence-electron chi connectivity index (χ0n) is 15.7. The van der Waals surface area contributed by atoms with E-state index in [1.165, 1.54) is 0 Å². The largest absolute Gasteiger partial charge is 0.481 e. The predicted octanol–water partition coefficient (Wildman–Crippen LogP) is 2.36. The summed E-state index contributed by atoms with van der Waals surface area (Å²) in [5, 5.41) is 11.7. The fourth-order valence-corrected chi connectivity index (χ4v) is 3.24. The Labute approximate surface area is 154 Å². The highest BCUT2D eigenvalue weighted by Gasteiger charge is 2.34. The predicted molar refractivity (Wildman–Crippen MR) is 98.4 cm³/mol. The van der Waals surface area contributed by atoms with Crippen LogP contribution >= 0.6 is 0 Å². The Morgan fingerprint density at radius 1 is 1.19 bits per heavy atom. The summed E-state index contributed by atoms with van der Waals surface area (Å²) in [6.07, 6.45) is 1.26. The van der Waals surface area contributed by atoms with Gasteiger partial charge in [0, 0.05) is 31.8 Å². The first-order chi connectivity index (χ1) is 12.3. The number of aliphatic carboxylic acids is 1. The Morgan fingerprint density at radius 3 is 2.46 bits per heavy atom.